The molecule has 0 aliphatic heterocycles. The standard InChI is InChI=1S/C28H21NO5S/c1-17(30)33-22-15-20(18-10-12-21(32-2)13-11-18)16-23-25(22)26(24-9-6-14-35-24)28(34-23)29-27(31)19-7-4-3-5-8-19/h3-16H,1-2H3,(H,29,31). The molecule has 3 aromatic carbocycles. The van der Waals surface area contributed by atoms with Crippen molar-refractivity contribution in [1.82, 2.24) is 0 Å². The van der Waals surface area contributed by atoms with E-state index in [4.69, 9.17) is 13.9 Å². The van der Waals surface area contributed by atoms with Crippen LogP contribution in [0.4, 0.5) is 5.88 Å². The summed E-state index contributed by atoms with van der Waals surface area (Å²) in [5, 5.41) is 5.46. The van der Waals surface area contributed by atoms with E-state index in [1.807, 2.05) is 53.9 Å². The molecule has 0 fully saturated rings. The highest BCUT2D eigenvalue weighted by atomic mass is 32.1. The van der Waals surface area contributed by atoms with E-state index in [9.17, 15) is 9.59 Å². The van der Waals surface area contributed by atoms with Crippen molar-refractivity contribution >= 4 is 40.1 Å². The van der Waals surface area contributed by atoms with Gasteiger partial charge in [-0.3, -0.25) is 14.9 Å². The zero-order chi connectivity index (χ0) is 24.4. The summed E-state index contributed by atoms with van der Waals surface area (Å²) in [6.07, 6.45) is 0. The fourth-order valence-electron chi connectivity index (χ4n) is 3.89. The van der Waals surface area contributed by atoms with Gasteiger partial charge in [0, 0.05) is 17.4 Å². The van der Waals surface area contributed by atoms with E-state index in [0.29, 0.717) is 27.8 Å². The third kappa shape index (κ3) is 4.54. The number of carbonyl (C=O) groups is 2. The molecule has 5 rings (SSSR count). The minimum atomic E-state index is -0.452. The molecule has 0 bridgehead atoms. The molecule has 1 N–H and O–H groups in total. The van der Waals surface area contributed by atoms with Crippen molar-refractivity contribution in [3.8, 4) is 33.1 Å². The van der Waals surface area contributed by atoms with Crippen LogP contribution in [0.1, 0.15) is 17.3 Å². The lowest BCUT2D eigenvalue weighted by molar-refractivity contribution is -0.131. The fraction of sp³-hybridized carbons (Fsp3) is 0.0714. The van der Waals surface area contributed by atoms with Crippen molar-refractivity contribution in [3.05, 3.63) is 89.8 Å². The van der Waals surface area contributed by atoms with E-state index >= 15 is 0 Å². The third-order valence-corrected chi connectivity index (χ3v) is 6.35. The lowest BCUT2D eigenvalue weighted by Crippen LogP contribution is -2.11. The maximum Gasteiger partial charge on any atom is 0.308 e. The van der Waals surface area contributed by atoms with Crippen molar-refractivity contribution in [2.24, 2.45) is 0 Å². The number of carbonyl (C=O) groups excluding carboxylic acids is 2. The van der Waals surface area contributed by atoms with Crippen LogP contribution < -0.4 is 14.8 Å². The molecule has 174 valence electrons. The second kappa shape index (κ2) is 9.48. The Kier molecular flexibility index (Phi) is 6.08. The van der Waals surface area contributed by atoms with Crippen LogP contribution in [0.3, 0.4) is 0 Å². The maximum absolute atomic E-state index is 13.0. The Morgan fingerprint density at radius 1 is 0.914 bits per heavy atom. The molecular weight excluding hydrogens is 462 g/mol. The summed E-state index contributed by atoms with van der Waals surface area (Å²) in [4.78, 5) is 25.9. The SMILES string of the molecule is COc1ccc(-c2cc(OC(C)=O)c3c(-c4cccs4)c(NC(=O)c4ccccc4)oc3c2)cc1. The van der Waals surface area contributed by atoms with Crippen molar-refractivity contribution in [3.63, 3.8) is 0 Å². The number of hydrogen-bond acceptors (Lipinski definition) is 6. The first kappa shape index (κ1) is 22.4. The fourth-order valence-corrected chi connectivity index (χ4v) is 4.66. The Hall–Kier alpha value is -4.36. The number of rotatable bonds is 6. The molecular formula is C28H21NO5S. The van der Waals surface area contributed by atoms with Gasteiger partial charge in [0.25, 0.3) is 5.91 Å². The molecule has 0 aliphatic carbocycles. The molecule has 5 aromatic rings. The predicted octanol–water partition coefficient (Wildman–Crippen LogP) is 7.01. The van der Waals surface area contributed by atoms with Crippen LogP contribution in [0.2, 0.25) is 0 Å². The first-order valence-corrected chi connectivity index (χ1v) is 11.7. The van der Waals surface area contributed by atoms with Gasteiger partial charge in [-0.25, -0.2) is 0 Å². The van der Waals surface area contributed by atoms with Crippen LogP contribution >= 0.6 is 11.3 Å². The van der Waals surface area contributed by atoms with E-state index in [-0.39, 0.29) is 11.8 Å². The zero-order valence-corrected chi connectivity index (χ0v) is 19.8. The number of nitrogens with one attached hydrogen (secondary N) is 1. The molecule has 7 heteroatoms. The third-order valence-electron chi connectivity index (χ3n) is 5.46. The summed E-state index contributed by atoms with van der Waals surface area (Å²) in [6.45, 7) is 1.36. The molecule has 0 spiro atoms. The monoisotopic (exact) mass is 483 g/mol. The highest BCUT2D eigenvalue weighted by molar-refractivity contribution is 7.13. The highest BCUT2D eigenvalue weighted by Gasteiger charge is 2.24. The normalized spacial score (nSPS) is 10.8. The average molecular weight is 484 g/mol. The summed E-state index contributed by atoms with van der Waals surface area (Å²) < 4.78 is 17.1. The molecule has 1 amide bonds. The van der Waals surface area contributed by atoms with E-state index in [1.54, 1.807) is 37.4 Å². The maximum atomic E-state index is 13.0. The Bertz CT molecular complexity index is 1500. The quantitative estimate of drug-likeness (QED) is 0.208. The smallest absolute Gasteiger partial charge is 0.308 e. The van der Waals surface area contributed by atoms with Crippen molar-refractivity contribution in [1.29, 1.82) is 0 Å². The topological polar surface area (TPSA) is 77.8 Å². The average Bonchev–Trinajstić information content (AvgIpc) is 3.52. The number of benzene rings is 3. The van der Waals surface area contributed by atoms with Gasteiger partial charge in [0.2, 0.25) is 5.88 Å². The lowest BCUT2D eigenvalue weighted by Gasteiger charge is -2.09. The summed E-state index contributed by atoms with van der Waals surface area (Å²) in [7, 11) is 1.61. The lowest BCUT2D eigenvalue weighted by atomic mass is 10.0. The van der Waals surface area contributed by atoms with Crippen LogP contribution in [-0.4, -0.2) is 19.0 Å². The Labute approximate surface area is 205 Å². The first-order chi connectivity index (χ1) is 17.0. The predicted molar refractivity (Wildman–Crippen MR) is 137 cm³/mol. The van der Waals surface area contributed by atoms with E-state index in [0.717, 1.165) is 21.8 Å². The number of fused-ring (bicyclic) bond motifs is 1. The second-order valence-electron chi connectivity index (χ2n) is 7.77. The van der Waals surface area contributed by atoms with Crippen LogP contribution in [0, 0.1) is 0 Å². The van der Waals surface area contributed by atoms with Gasteiger partial charge < -0.3 is 13.9 Å². The summed E-state index contributed by atoms with van der Waals surface area (Å²) in [6, 6.07) is 24.0. The van der Waals surface area contributed by atoms with Crippen LogP contribution in [0.5, 0.6) is 11.5 Å². The molecule has 0 aliphatic rings. The van der Waals surface area contributed by atoms with Crippen molar-refractivity contribution < 1.29 is 23.5 Å². The Balaban J connectivity index is 1.70. The molecule has 0 unspecified atom stereocenters. The van der Waals surface area contributed by atoms with Crippen molar-refractivity contribution in [2.75, 3.05) is 12.4 Å². The number of esters is 1. The molecule has 2 aromatic heterocycles. The number of methoxy groups -OCH3 is 1. The van der Waals surface area contributed by atoms with Crippen molar-refractivity contribution in [2.45, 2.75) is 6.92 Å². The number of amides is 1. The van der Waals surface area contributed by atoms with Gasteiger partial charge in [0.05, 0.1) is 18.1 Å². The van der Waals surface area contributed by atoms with Crippen LogP contribution in [0.15, 0.2) is 88.7 Å². The number of thiophene rings is 1. The van der Waals surface area contributed by atoms with Gasteiger partial charge >= 0.3 is 5.97 Å². The van der Waals surface area contributed by atoms with Gasteiger partial charge in [-0.2, -0.15) is 0 Å². The van der Waals surface area contributed by atoms with Gasteiger partial charge in [-0.05, 0) is 59.0 Å². The van der Waals surface area contributed by atoms with Gasteiger partial charge in [0.15, 0.2) is 0 Å². The van der Waals surface area contributed by atoms with E-state index in [2.05, 4.69) is 5.32 Å². The van der Waals surface area contributed by atoms with Crippen LogP contribution in [0.25, 0.3) is 32.5 Å². The molecule has 35 heavy (non-hydrogen) atoms. The highest BCUT2D eigenvalue weighted by Crippen LogP contribution is 2.46. The summed E-state index contributed by atoms with van der Waals surface area (Å²) >= 11 is 1.50. The molecule has 0 saturated carbocycles. The Morgan fingerprint density at radius 2 is 1.69 bits per heavy atom. The largest absolute Gasteiger partial charge is 0.497 e. The minimum absolute atomic E-state index is 0.289. The zero-order valence-electron chi connectivity index (χ0n) is 19.0. The number of hydrogen-bond donors (Lipinski definition) is 1. The van der Waals surface area contributed by atoms with Gasteiger partial charge in [-0.15, -0.1) is 11.3 Å². The number of anilines is 1. The number of ether oxygens (including phenoxy) is 2. The summed E-state index contributed by atoms with van der Waals surface area (Å²) in [5.41, 5.74) is 3.34. The molecule has 2 heterocycles. The molecule has 0 atom stereocenters. The second-order valence-corrected chi connectivity index (χ2v) is 8.72. The number of furan rings is 1. The van der Waals surface area contributed by atoms with Gasteiger partial charge in [-0.1, -0.05) is 36.4 Å². The van der Waals surface area contributed by atoms with E-state index < -0.39 is 5.97 Å². The molecule has 0 saturated heterocycles. The first-order valence-electron chi connectivity index (χ1n) is 10.9. The minimum Gasteiger partial charge on any atom is -0.497 e. The molecule has 0 radical (unpaired) electrons. The van der Waals surface area contributed by atoms with Gasteiger partial charge in [0.1, 0.15) is 17.1 Å². The van der Waals surface area contributed by atoms with E-state index in [1.165, 1.54) is 18.3 Å². The van der Waals surface area contributed by atoms with Crippen LogP contribution in [-0.2, 0) is 4.79 Å². The molecule has 6 nitrogen and oxygen atoms in total. The Morgan fingerprint density at radius 3 is 2.34 bits per heavy atom. The summed E-state index contributed by atoms with van der Waals surface area (Å²) in [5.74, 6) is 0.627.